The molecule has 0 radical (unpaired) electrons. The van der Waals surface area contributed by atoms with E-state index in [0.29, 0.717) is 17.1 Å². The van der Waals surface area contributed by atoms with Gasteiger partial charge in [0.2, 0.25) is 15.9 Å². The molecule has 0 bridgehead atoms. The predicted molar refractivity (Wildman–Crippen MR) is 110 cm³/mol. The van der Waals surface area contributed by atoms with Gasteiger partial charge in [0.1, 0.15) is 24.7 Å². The van der Waals surface area contributed by atoms with E-state index >= 15 is 0 Å². The lowest BCUT2D eigenvalue weighted by atomic mass is 10.1. The molecule has 0 aliphatic carbocycles. The number of hydrogen-bond acceptors (Lipinski definition) is 6. The van der Waals surface area contributed by atoms with Crippen LogP contribution in [0, 0.1) is 0 Å². The maximum Gasteiger partial charge on any atom is 0.240 e. The molecule has 0 aromatic heterocycles. The van der Waals surface area contributed by atoms with Gasteiger partial charge in [-0.15, -0.1) is 0 Å². The summed E-state index contributed by atoms with van der Waals surface area (Å²) in [5, 5.41) is 2.62. The van der Waals surface area contributed by atoms with Crippen molar-refractivity contribution >= 4 is 27.4 Å². The molecule has 0 heterocycles. The number of nitrogens with one attached hydrogen (secondary N) is 1. The van der Waals surface area contributed by atoms with Crippen molar-refractivity contribution in [2.75, 3.05) is 37.4 Å². The summed E-state index contributed by atoms with van der Waals surface area (Å²) in [5.74, 6) is 0.654. The van der Waals surface area contributed by atoms with Crippen molar-refractivity contribution < 1.29 is 27.5 Å². The molecule has 0 fully saturated rings. The van der Waals surface area contributed by atoms with Crippen LogP contribution in [-0.2, 0) is 14.8 Å². The molecule has 0 aliphatic heterocycles. The van der Waals surface area contributed by atoms with Crippen molar-refractivity contribution in [1.29, 1.82) is 0 Å². The van der Waals surface area contributed by atoms with E-state index in [4.69, 9.17) is 9.47 Å². The van der Waals surface area contributed by atoms with E-state index < -0.39 is 22.5 Å². The van der Waals surface area contributed by atoms with Crippen molar-refractivity contribution in [2.45, 2.75) is 6.92 Å². The third-order valence-corrected chi connectivity index (χ3v) is 5.12. The Hall–Kier alpha value is -3.07. The summed E-state index contributed by atoms with van der Waals surface area (Å²) in [5.41, 5.74) is 0.620. The van der Waals surface area contributed by atoms with E-state index in [-0.39, 0.29) is 24.6 Å². The first-order valence-electron chi connectivity index (χ1n) is 8.83. The topological polar surface area (TPSA) is 102 Å². The average Bonchev–Trinajstić information content (AvgIpc) is 2.69. The minimum absolute atomic E-state index is 0.194. The van der Waals surface area contributed by atoms with Crippen LogP contribution < -0.4 is 19.1 Å². The zero-order valence-corrected chi connectivity index (χ0v) is 17.4. The summed E-state index contributed by atoms with van der Waals surface area (Å²) in [7, 11) is -2.15. The molecular weight excluding hydrogens is 396 g/mol. The van der Waals surface area contributed by atoms with Crippen LogP contribution in [0.3, 0.4) is 0 Å². The normalized spacial score (nSPS) is 10.9. The van der Waals surface area contributed by atoms with E-state index in [0.717, 1.165) is 10.6 Å². The van der Waals surface area contributed by atoms with Crippen LogP contribution in [0.5, 0.6) is 11.5 Å². The Bertz CT molecular complexity index is 957. The molecule has 0 atom stereocenters. The second-order valence-corrected chi connectivity index (χ2v) is 8.16. The van der Waals surface area contributed by atoms with Gasteiger partial charge in [0.25, 0.3) is 0 Å². The maximum absolute atomic E-state index is 12.2. The molecule has 0 aliphatic rings. The molecule has 1 N–H and O–H groups in total. The van der Waals surface area contributed by atoms with Crippen LogP contribution in [-0.4, -0.2) is 53.2 Å². The van der Waals surface area contributed by atoms with E-state index in [2.05, 4.69) is 5.32 Å². The van der Waals surface area contributed by atoms with Gasteiger partial charge in [-0.2, -0.15) is 0 Å². The van der Waals surface area contributed by atoms with Crippen LogP contribution in [0.15, 0.2) is 48.5 Å². The molecule has 0 saturated heterocycles. The van der Waals surface area contributed by atoms with Crippen molar-refractivity contribution in [3.8, 4) is 11.5 Å². The number of sulfonamides is 1. The number of anilines is 1. The first-order valence-corrected chi connectivity index (χ1v) is 10.7. The average molecular weight is 420 g/mol. The van der Waals surface area contributed by atoms with Crippen LogP contribution >= 0.6 is 0 Å². The van der Waals surface area contributed by atoms with Crippen molar-refractivity contribution in [3.05, 3.63) is 54.1 Å². The Morgan fingerprint density at radius 1 is 1.07 bits per heavy atom. The fourth-order valence-corrected chi connectivity index (χ4v) is 3.35. The molecule has 0 spiro atoms. The van der Waals surface area contributed by atoms with E-state index in [1.54, 1.807) is 43.5 Å². The Morgan fingerprint density at radius 3 is 2.31 bits per heavy atom. The number of benzene rings is 2. The number of rotatable bonds is 10. The molecule has 2 rings (SSSR count). The summed E-state index contributed by atoms with van der Waals surface area (Å²) in [6.07, 6.45) is 1.01. The number of ketones is 1. The van der Waals surface area contributed by atoms with E-state index in [9.17, 15) is 18.0 Å². The fourth-order valence-electron chi connectivity index (χ4n) is 2.50. The maximum atomic E-state index is 12.2. The van der Waals surface area contributed by atoms with Gasteiger partial charge >= 0.3 is 0 Å². The van der Waals surface area contributed by atoms with Gasteiger partial charge in [0, 0.05) is 5.56 Å². The van der Waals surface area contributed by atoms with Gasteiger partial charge in [-0.25, -0.2) is 8.42 Å². The van der Waals surface area contributed by atoms with Gasteiger partial charge < -0.3 is 14.8 Å². The highest BCUT2D eigenvalue weighted by Gasteiger charge is 2.21. The molecule has 29 heavy (non-hydrogen) atoms. The molecule has 0 saturated carbocycles. The standard InChI is InChI=1S/C20H24N2O6S/c1-15(23)16-5-4-6-17(13-16)22(29(3,25)26)14-20(24)21-11-12-28-19-9-7-18(27-2)8-10-19/h4-10,13H,11-12,14H2,1-3H3,(H,21,24). The highest BCUT2D eigenvalue weighted by molar-refractivity contribution is 7.92. The van der Waals surface area contributed by atoms with Crippen LogP contribution in [0.25, 0.3) is 0 Å². The molecule has 2 aromatic rings. The summed E-state index contributed by atoms with van der Waals surface area (Å²) in [6.45, 7) is 1.41. The third-order valence-electron chi connectivity index (χ3n) is 3.98. The zero-order valence-electron chi connectivity index (χ0n) is 16.5. The van der Waals surface area contributed by atoms with Crippen LogP contribution in [0.4, 0.5) is 5.69 Å². The quantitative estimate of drug-likeness (QED) is 0.465. The molecule has 156 valence electrons. The highest BCUT2D eigenvalue weighted by Crippen LogP contribution is 2.19. The fraction of sp³-hybridized carbons (Fsp3) is 0.300. The summed E-state index contributed by atoms with van der Waals surface area (Å²) in [6, 6.07) is 13.1. The molecule has 9 heteroatoms. The molecular formula is C20H24N2O6S. The lowest BCUT2D eigenvalue weighted by molar-refractivity contribution is -0.119. The Morgan fingerprint density at radius 2 is 1.72 bits per heavy atom. The SMILES string of the molecule is COc1ccc(OCCNC(=O)CN(c2cccc(C(C)=O)c2)S(C)(=O)=O)cc1. The Balaban J connectivity index is 1.93. The zero-order chi connectivity index (χ0) is 21.4. The highest BCUT2D eigenvalue weighted by atomic mass is 32.2. The lowest BCUT2D eigenvalue weighted by Gasteiger charge is -2.22. The number of ether oxygens (including phenoxy) is 2. The number of nitrogens with zero attached hydrogens (tertiary/aromatic N) is 1. The third kappa shape index (κ3) is 6.79. The summed E-state index contributed by atoms with van der Waals surface area (Å²) < 4.78 is 35.8. The second kappa shape index (κ2) is 9.92. The Kier molecular flexibility index (Phi) is 7.60. The molecule has 2 aromatic carbocycles. The largest absolute Gasteiger partial charge is 0.497 e. The minimum atomic E-state index is -3.72. The number of carbonyl (C=O) groups is 2. The van der Waals surface area contributed by atoms with E-state index in [1.807, 2.05) is 0 Å². The van der Waals surface area contributed by atoms with Crippen molar-refractivity contribution in [2.24, 2.45) is 0 Å². The minimum Gasteiger partial charge on any atom is -0.497 e. The first-order chi connectivity index (χ1) is 13.7. The smallest absolute Gasteiger partial charge is 0.240 e. The van der Waals surface area contributed by atoms with Crippen molar-refractivity contribution in [3.63, 3.8) is 0 Å². The van der Waals surface area contributed by atoms with Crippen LogP contribution in [0.2, 0.25) is 0 Å². The molecule has 1 amide bonds. The lowest BCUT2D eigenvalue weighted by Crippen LogP contribution is -2.41. The molecule has 0 unspecified atom stereocenters. The number of Topliss-reactive ketones (excluding diaryl/α,β-unsaturated/α-hetero) is 1. The predicted octanol–water partition coefficient (Wildman–Crippen LogP) is 1.86. The summed E-state index contributed by atoms with van der Waals surface area (Å²) >= 11 is 0. The number of amides is 1. The van der Waals surface area contributed by atoms with Gasteiger partial charge in [0.15, 0.2) is 5.78 Å². The first kappa shape index (κ1) is 22.2. The Labute approximate surface area is 170 Å². The van der Waals surface area contributed by atoms with Gasteiger partial charge in [-0.05, 0) is 43.3 Å². The van der Waals surface area contributed by atoms with Gasteiger partial charge in [-0.3, -0.25) is 13.9 Å². The monoisotopic (exact) mass is 420 g/mol. The number of methoxy groups -OCH3 is 1. The van der Waals surface area contributed by atoms with Gasteiger partial charge in [0.05, 0.1) is 25.6 Å². The number of hydrogen-bond donors (Lipinski definition) is 1. The van der Waals surface area contributed by atoms with E-state index in [1.165, 1.54) is 19.1 Å². The second-order valence-electron chi connectivity index (χ2n) is 6.25. The summed E-state index contributed by atoms with van der Waals surface area (Å²) in [4.78, 5) is 23.8. The van der Waals surface area contributed by atoms with Gasteiger partial charge in [-0.1, -0.05) is 12.1 Å². The molecule has 8 nitrogen and oxygen atoms in total. The van der Waals surface area contributed by atoms with Crippen LogP contribution in [0.1, 0.15) is 17.3 Å². The van der Waals surface area contributed by atoms with Crippen molar-refractivity contribution in [1.82, 2.24) is 5.32 Å². The number of carbonyl (C=O) groups excluding carboxylic acids is 2.